The van der Waals surface area contributed by atoms with Crippen molar-refractivity contribution in [3.8, 4) is 0 Å². The van der Waals surface area contributed by atoms with E-state index in [0.717, 1.165) is 22.9 Å². The van der Waals surface area contributed by atoms with Gasteiger partial charge in [-0.15, -0.1) is 0 Å². The van der Waals surface area contributed by atoms with Crippen LogP contribution in [-0.2, 0) is 9.53 Å². The second-order valence-electron chi connectivity index (χ2n) is 7.33. The normalized spacial score (nSPS) is 30.0. The van der Waals surface area contributed by atoms with Crippen molar-refractivity contribution in [2.75, 3.05) is 20.7 Å². The average molecular weight is 339 g/mol. The molecule has 0 aliphatic carbocycles. The van der Waals surface area contributed by atoms with Gasteiger partial charge in [0, 0.05) is 30.7 Å². The summed E-state index contributed by atoms with van der Waals surface area (Å²) in [6.45, 7) is -0.248. The minimum atomic E-state index is -0.630. The minimum Gasteiger partial charge on any atom is -0.461 e. The molecule has 3 rings (SSSR count). The van der Waals surface area contributed by atoms with Gasteiger partial charge in [-0.05, 0) is 17.7 Å². The molecule has 23 heavy (non-hydrogen) atoms. The van der Waals surface area contributed by atoms with Gasteiger partial charge < -0.3 is 14.3 Å². The fourth-order valence-electron chi connectivity index (χ4n) is 4.18. The fraction of sp³-hybridized carbons (Fsp3) is 0.611. The monoisotopic (exact) mass is 338 g/mol. The minimum absolute atomic E-state index is 0.0208. The molecular weight excluding hydrogens is 314 g/mol. The highest BCUT2D eigenvalue weighted by Gasteiger charge is 2.50. The molecule has 5 heteroatoms. The Balaban J connectivity index is 1.66. The largest absolute Gasteiger partial charge is 0.461 e. The molecule has 2 saturated heterocycles. The van der Waals surface area contributed by atoms with Crippen molar-refractivity contribution >= 4 is 17.6 Å². The number of aliphatic hydroxyl groups excluding tert-OH is 1. The molecule has 0 spiro atoms. The van der Waals surface area contributed by atoms with E-state index in [-0.39, 0.29) is 18.7 Å². The zero-order chi connectivity index (χ0) is 16.6. The van der Waals surface area contributed by atoms with Crippen molar-refractivity contribution in [2.24, 2.45) is 0 Å². The van der Waals surface area contributed by atoms with Crippen LogP contribution in [0.1, 0.15) is 37.2 Å². The lowest BCUT2D eigenvalue weighted by atomic mass is 9.96. The number of fused-ring (bicyclic) bond motifs is 2. The molecule has 4 nitrogen and oxygen atoms in total. The number of ether oxygens (including phenoxy) is 1. The third kappa shape index (κ3) is 3.25. The van der Waals surface area contributed by atoms with Gasteiger partial charge in [0.15, 0.2) is 0 Å². The first-order valence-electron chi connectivity index (χ1n) is 8.32. The smallest absolute Gasteiger partial charge is 0.316 e. The van der Waals surface area contributed by atoms with Gasteiger partial charge in [-0.25, -0.2) is 0 Å². The fourth-order valence-corrected chi connectivity index (χ4v) is 4.31. The number of aliphatic hydroxyl groups is 1. The SMILES string of the molecule is C[N+]1(C)[C@@H]2CC[C@H]1CC(OC(=O)[C@@H](CO)c1ccc(Cl)cc1)C2. The summed E-state index contributed by atoms with van der Waals surface area (Å²) in [4.78, 5) is 12.5. The summed E-state index contributed by atoms with van der Waals surface area (Å²) >= 11 is 5.88. The van der Waals surface area contributed by atoms with Crippen LogP contribution >= 0.6 is 11.6 Å². The molecule has 1 aromatic rings. The van der Waals surface area contributed by atoms with Crippen molar-refractivity contribution in [1.29, 1.82) is 0 Å². The summed E-state index contributed by atoms with van der Waals surface area (Å²) in [6.07, 6.45) is 4.26. The first-order valence-corrected chi connectivity index (χ1v) is 8.69. The topological polar surface area (TPSA) is 46.5 Å². The summed E-state index contributed by atoms with van der Waals surface area (Å²) in [5.41, 5.74) is 0.747. The molecule has 1 N–H and O–H groups in total. The number of carbonyl (C=O) groups excluding carboxylic acids is 1. The van der Waals surface area contributed by atoms with Crippen LogP contribution in [0.4, 0.5) is 0 Å². The summed E-state index contributed by atoms with van der Waals surface area (Å²) in [6, 6.07) is 8.16. The number of benzene rings is 1. The van der Waals surface area contributed by atoms with E-state index >= 15 is 0 Å². The molecule has 2 aliphatic rings. The highest BCUT2D eigenvalue weighted by Crippen LogP contribution is 2.40. The Morgan fingerprint density at radius 3 is 2.35 bits per heavy atom. The van der Waals surface area contributed by atoms with Crippen molar-refractivity contribution in [2.45, 2.75) is 49.8 Å². The Labute approximate surface area is 142 Å². The Morgan fingerprint density at radius 1 is 1.26 bits per heavy atom. The summed E-state index contributed by atoms with van der Waals surface area (Å²) in [7, 11) is 4.56. The molecular formula is C18H25ClNO3+. The number of carbonyl (C=O) groups is 1. The van der Waals surface area contributed by atoms with E-state index in [9.17, 15) is 9.90 Å². The quantitative estimate of drug-likeness (QED) is 0.678. The Morgan fingerprint density at radius 2 is 1.83 bits per heavy atom. The van der Waals surface area contributed by atoms with Gasteiger partial charge in [-0.1, -0.05) is 23.7 Å². The van der Waals surface area contributed by atoms with Gasteiger partial charge in [0.25, 0.3) is 0 Å². The lowest BCUT2D eigenvalue weighted by Crippen LogP contribution is -2.56. The van der Waals surface area contributed by atoms with Crippen LogP contribution in [0.2, 0.25) is 5.02 Å². The molecule has 2 heterocycles. The molecule has 4 atom stereocenters. The van der Waals surface area contributed by atoms with Crippen molar-refractivity contribution in [3.63, 3.8) is 0 Å². The number of nitrogens with zero attached hydrogens (tertiary/aromatic N) is 1. The molecule has 0 saturated carbocycles. The molecule has 0 radical (unpaired) electrons. The Hall–Kier alpha value is -1.10. The predicted octanol–water partition coefficient (Wildman–Crippen LogP) is 2.73. The number of hydrogen-bond donors (Lipinski definition) is 1. The number of halogens is 1. The summed E-state index contributed by atoms with van der Waals surface area (Å²) < 4.78 is 6.81. The highest BCUT2D eigenvalue weighted by molar-refractivity contribution is 6.30. The molecule has 1 aromatic carbocycles. The van der Waals surface area contributed by atoms with Crippen LogP contribution in [0.3, 0.4) is 0 Å². The number of piperidine rings is 1. The van der Waals surface area contributed by atoms with E-state index in [1.807, 2.05) is 0 Å². The number of hydrogen-bond acceptors (Lipinski definition) is 3. The van der Waals surface area contributed by atoms with Crippen LogP contribution < -0.4 is 0 Å². The van der Waals surface area contributed by atoms with Gasteiger partial charge in [0.1, 0.15) is 12.0 Å². The number of rotatable bonds is 4. The molecule has 2 fully saturated rings. The Kier molecular flexibility index (Phi) is 4.68. The third-order valence-electron chi connectivity index (χ3n) is 5.81. The van der Waals surface area contributed by atoms with Gasteiger partial charge in [0.05, 0.1) is 32.8 Å². The van der Waals surface area contributed by atoms with E-state index in [2.05, 4.69) is 14.1 Å². The molecule has 1 unspecified atom stereocenters. The van der Waals surface area contributed by atoms with Crippen molar-refractivity contribution < 1.29 is 19.1 Å². The van der Waals surface area contributed by atoms with Crippen LogP contribution in [0.25, 0.3) is 0 Å². The first-order chi connectivity index (χ1) is 10.9. The molecule has 2 aliphatic heterocycles. The van der Waals surface area contributed by atoms with Gasteiger partial charge >= 0.3 is 5.97 Å². The maximum Gasteiger partial charge on any atom is 0.316 e. The molecule has 0 aromatic heterocycles. The molecule has 126 valence electrons. The second-order valence-corrected chi connectivity index (χ2v) is 7.77. The zero-order valence-corrected chi connectivity index (χ0v) is 14.5. The van der Waals surface area contributed by atoms with Gasteiger partial charge in [0.2, 0.25) is 0 Å². The lowest BCUT2D eigenvalue weighted by molar-refractivity contribution is -0.931. The zero-order valence-electron chi connectivity index (χ0n) is 13.7. The van der Waals surface area contributed by atoms with E-state index < -0.39 is 5.92 Å². The van der Waals surface area contributed by atoms with Crippen LogP contribution in [0.15, 0.2) is 24.3 Å². The predicted molar refractivity (Wildman–Crippen MR) is 89.3 cm³/mol. The highest BCUT2D eigenvalue weighted by atomic mass is 35.5. The molecule has 0 amide bonds. The number of quaternary nitrogens is 1. The van der Waals surface area contributed by atoms with Gasteiger partial charge in [-0.3, -0.25) is 4.79 Å². The third-order valence-corrected chi connectivity index (χ3v) is 6.06. The Bertz CT molecular complexity index is 556. The second kappa shape index (κ2) is 6.42. The maximum atomic E-state index is 12.5. The van der Waals surface area contributed by atoms with E-state index in [0.29, 0.717) is 17.1 Å². The van der Waals surface area contributed by atoms with Crippen LogP contribution in [-0.4, -0.2) is 54.4 Å². The van der Waals surface area contributed by atoms with Gasteiger partial charge in [-0.2, -0.15) is 0 Å². The first kappa shape index (κ1) is 16.7. The molecule has 2 bridgehead atoms. The van der Waals surface area contributed by atoms with Crippen LogP contribution in [0.5, 0.6) is 0 Å². The summed E-state index contributed by atoms with van der Waals surface area (Å²) in [5, 5.41) is 10.2. The standard InChI is InChI=1S/C18H25ClNO3/c1-20(2)14-7-8-15(20)10-16(9-14)23-18(22)17(11-21)12-3-5-13(19)6-4-12/h3-6,14-17,21H,7-11H2,1-2H3/q+1/t14-,15+,16?,17-/m0/s1. The summed E-state index contributed by atoms with van der Waals surface area (Å²) in [5.74, 6) is -0.958. The van der Waals surface area contributed by atoms with Crippen molar-refractivity contribution in [3.05, 3.63) is 34.9 Å². The average Bonchev–Trinajstić information content (AvgIpc) is 2.67. The van der Waals surface area contributed by atoms with E-state index in [1.165, 1.54) is 12.8 Å². The van der Waals surface area contributed by atoms with Crippen LogP contribution in [0, 0.1) is 0 Å². The van der Waals surface area contributed by atoms with Crippen molar-refractivity contribution in [1.82, 2.24) is 0 Å². The maximum absolute atomic E-state index is 12.5. The number of esters is 1. The lowest BCUT2D eigenvalue weighted by Gasteiger charge is -2.44. The van der Waals surface area contributed by atoms with E-state index in [1.54, 1.807) is 24.3 Å². The van der Waals surface area contributed by atoms with E-state index in [4.69, 9.17) is 16.3 Å².